The van der Waals surface area contributed by atoms with Crippen LogP contribution in [0.15, 0.2) is 0 Å². The molecule has 0 amide bonds. The highest BCUT2D eigenvalue weighted by Gasteiger charge is 2.19. The summed E-state index contributed by atoms with van der Waals surface area (Å²) in [5, 5.41) is 0. The Bertz CT molecular complexity index is 81.0. The average Bonchev–Trinajstić information content (AvgIpc) is 1.86. The number of rotatable bonds is 3. The maximum atomic E-state index is 7.67. The van der Waals surface area contributed by atoms with Crippen molar-refractivity contribution in [3.8, 4) is 0 Å². The summed E-state index contributed by atoms with van der Waals surface area (Å²) in [7, 11) is -0.848. The van der Waals surface area contributed by atoms with Gasteiger partial charge < -0.3 is 0 Å². The van der Waals surface area contributed by atoms with E-state index >= 15 is 0 Å². The highest BCUT2D eigenvalue weighted by atomic mass is 31.2. The van der Waals surface area contributed by atoms with Crippen LogP contribution in [0.2, 0.25) is 0 Å². The Morgan fingerprint density at radius 3 is 2.00 bits per heavy atom. The van der Waals surface area contributed by atoms with Crippen molar-refractivity contribution < 1.29 is 1.37 Å². The third kappa shape index (κ3) is 3.43. The largest absolute Gasteiger partial charge is 0.0708 e. The predicted octanol–water partition coefficient (Wildman–Crippen LogP) is 2.69. The molecule has 0 saturated carbocycles. The molecule has 0 aromatic rings. The highest BCUT2D eigenvalue weighted by molar-refractivity contribution is 7.74. The SMILES string of the molecule is [2H]C(CC)[P+](C)(C)CC. The maximum absolute atomic E-state index is 7.67. The molecular weight excluding hydrogens is 115 g/mol. The van der Waals surface area contributed by atoms with E-state index in [1.165, 1.54) is 6.16 Å². The van der Waals surface area contributed by atoms with Crippen LogP contribution >= 0.6 is 7.26 Å². The van der Waals surface area contributed by atoms with Gasteiger partial charge in [-0.1, -0.05) is 6.92 Å². The van der Waals surface area contributed by atoms with Crippen LogP contribution in [0.1, 0.15) is 21.6 Å². The first-order chi connectivity index (χ1) is 4.04. The molecule has 0 saturated heterocycles. The minimum absolute atomic E-state index is 0.225. The van der Waals surface area contributed by atoms with Gasteiger partial charge in [0.15, 0.2) is 0 Å². The maximum Gasteiger partial charge on any atom is 0.0708 e. The summed E-state index contributed by atoms with van der Waals surface area (Å²) in [6.07, 6.45) is 2.46. The fourth-order valence-corrected chi connectivity index (χ4v) is 1.87. The number of hydrogen-bond donors (Lipinski definition) is 0. The minimum atomic E-state index is -0.848. The zero-order chi connectivity index (χ0) is 7.49. The first-order valence-electron chi connectivity index (χ1n) is 3.87. The van der Waals surface area contributed by atoms with E-state index in [2.05, 4.69) is 27.2 Å². The second-order valence-electron chi connectivity index (χ2n) is 2.69. The van der Waals surface area contributed by atoms with Gasteiger partial charge in [0.1, 0.15) is 0 Å². The van der Waals surface area contributed by atoms with Crippen molar-refractivity contribution in [3.05, 3.63) is 0 Å². The lowest BCUT2D eigenvalue weighted by Crippen LogP contribution is -1.95. The normalized spacial score (nSPS) is 17.8. The molecular formula is C7H18P+. The molecule has 0 aliphatic rings. The van der Waals surface area contributed by atoms with E-state index in [0.717, 1.165) is 6.42 Å². The molecule has 50 valence electrons. The monoisotopic (exact) mass is 134 g/mol. The molecule has 8 heavy (non-hydrogen) atoms. The standard InChI is InChI=1S/C7H18P/c1-5-7-8(3,4)6-2/h5-7H2,1-4H3/q+1/i7D. The van der Waals surface area contributed by atoms with Gasteiger partial charge in [0.2, 0.25) is 0 Å². The lowest BCUT2D eigenvalue weighted by atomic mass is 10.6. The van der Waals surface area contributed by atoms with E-state index in [1.807, 2.05) is 0 Å². The Balaban J connectivity index is 3.80. The van der Waals surface area contributed by atoms with Gasteiger partial charge >= 0.3 is 0 Å². The van der Waals surface area contributed by atoms with Crippen LogP contribution in [0, 0.1) is 0 Å². The molecule has 0 bridgehead atoms. The van der Waals surface area contributed by atoms with Crippen LogP contribution in [0.25, 0.3) is 0 Å². The van der Waals surface area contributed by atoms with Crippen LogP contribution in [-0.4, -0.2) is 25.6 Å². The van der Waals surface area contributed by atoms with Crippen molar-refractivity contribution in [1.29, 1.82) is 0 Å². The lowest BCUT2D eigenvalue weighted by molar-refractivity contribution is 1.08. The van der Waals surface area contributed by atoms with E-state index < -0.39 is 7.26 Å². The quantitative estimate of drug-likeness (QED) is 0.520. The first-order valence-corrected chi connectivity index (χ1v) is 6.23. The topological polar surface area (TPSA) is 0 Å². The van der Waals surface area contributed by atoms with Gasteiger partial charge in [-0.25, -0.2) is 0 Å². The summed E-state index contributed by atoms with van der Waals surface area (Å²) < 4.78 is 7.67. The Morgan fingerprint density at radius 1 is 1.38 bits per heavy atom. The third-order valence-electron chi connectivity index (χ3n) is 1.49. The molecule has 0 rings (SSSR count). The van der Waals surface area contributed by atoms with Crippen molar-refractivity contribution in [2.75, 3.05) is 25.6 Å². The van der Waals surface area contributed by atoms with Crippen molar-refractivity contribution in [2.24, 2.45) is 0 Å². The summed E-state index contributed by atoms with van der Waals surface area (Å²) in [4.78, 5) is 0. The van der Waals surface area contributed by atoms with Gasteiger partial charge in [-0.2, -0.15) is 0 Å². The molecule has 0 N–H and O–H groups in total. The van der Waals surface area contributed by atoms with Gasteiger partial charge in [-0.3, -0.25) is 0 Å². The summed E-state index contributed by atoms with van der Waals surface area (Å²) >= 11 is 0. The van der Waals surface area contributed by atoms with E-state index in [9.17, 15) is 0 Å². The zero-order valence-corrected chi connectivity index (χ0v) is 7.33. The zero-order valence-electron chi connectivity index (χ0n) is 7.44. The van der Waals surface area contributed by atoms with Gasteiger partial charge in [0, 0.05) is 20.6 Å². The highest BCUT2D eigenvalue weighted by Crippen LogP contribution is 2.50. The van der Waals surface area contributed by atoms with E-state index in [4.69, 9.17) is 1.37 Å². The van der Waals surface area contributed by atoms with Crippen molar-refractivity contribution in [1.82, 2.24) is 0 Å². The first kappa shape index (κ1) is 6.55. The molecule has 0 heterocycles. The van der Waals surface area contributed by atoms with Gasteiger partial charge in [0.05, 0.1) is 13.7 Å². The van der Waals surface area contributed by atoms with Crippen molar-refractivity contribution >= 4 is 7.26 Å². The molecule has 1 heteroatoms. The molecule has 0 nitrogen and oxygen atoms in total. The summed E-state index contributed by atoms with van der Waals surface area (Å²) in [5.41, 5.74) is 0. The molecule has 0 aliphatic heterocycles. The lowest BCUT2D eigenvalue weighted by Gasteiger charge is -2.13. The Morgan fingerprint density at radius 2 is 1.88 bits per heavy atom. The van der Waals surface area contributed by atoms with Crippen molar-refractivity contribution in [3.63, 3.8) is 0 Å². The van der Waals surface area contributed by atoms with Crippen LogP contribution < -0.4 is 0 Å². The second kappa shape index (κ2) is 3.45. The molecule has 0 aliphatic carbocycles. The molecule has 0 radical (unpaired) electrons. The Kier molecular flexibility index (Phi) is 2.83. The van der Waals surface area contributed by atoms with Crippen LogP contribution in [0.5, 0.6) is 0 Å². The average molecular weight is 134 g/mol. The van der Waals surface area contributed by atoms with E-state index in [1.54, 1.807) is 0 Å². The number of hydrogen-bond acceptors (Lipinski definition) is 0. The van der Waals surface area contributed by atoms with Gasteiger partial charge in [-0.05, 0) is 13.3 Å². The molecule has 0 aromatic carbocycles. The predicted molar refractivity (Wildman–Crippen MR) is 44.5 cm³/mol. The van der Waals surface area contributed by atoms with Gasteiger partial charge in [-0.15, -0.1) is 0 Å². The molecule has 0 spiro atoms. The Hall–Kier alpha value is 0.430. The summed E-state index contributed by atoms with van der Waals surface area (Å²) in [5.74, 6) is 0. The molecule has 1 atom stereocenters. The molecule has 0 fully saturated rings. The Labute approximate surface area is 55.4 Å². The van der Waals surface area contributed by atoms with Crippen LogP contribution in [-0.2, 0) is 0 Å². The minimum Gasteiger partial charge on any atom is -0.0619 e. The van der Waals surface area contributed by atoms with E-state index in [0.29, 0.717) is 0 Å². The van der Waals surface area contributed by atoms with Crippen LogP contribution in [0.3, 0.4) is 0 Å². The second-order valence-corrected chi connectivity index (χ2v) is 7.24. The summed E-state index contributed by atoms with van der Waals surface area (Å²) in [6, 6.07) is 0. The fraction of sp³-hybridized carbons (Fsp3) is 1.00. The van der Waals surface area contributed by atoms with Gasteiger partial charge in [0.25, 0.3) is 0 Å². The molecule has 1 unspecified atom stereocenters. The third-order valence-corrected chi connectivity index (χ3v) is 4.48. The summed E-state index contributed by atoms with van der Waals surface area (Å²) in [6.45, 7) is 8.85. The fourth-order valence-electron chi connectivity index (χ4n) is 0.623. The van der Waals surface area contributed by atoms with Crippen LogP contribution in [0.4, 0.5) is 0 Å². The van der Waals surface area contributed by atoms with E-state index in [-0.39, 0.29) is 6.14 Å². The van der Waals surface area contributed by atoms with Crippen molar-refractivity contribution in [2.45, 2.75) is 20.3 Å². The molecule has 0 aromatic heterocycles. The smallest absolute Gasteiger partial charge is 0.0619 e.